The van der Waals surface area contributed by atoms with Crippen LogP contribution in [0.1, 0.15) is 103 Å². The minimum atomic E-state index is -0.892. The first kappa shape index (κ1) is 28.3. The molecular formula is C36H49O4+. The van der Waals surface area contributed by atoms with Gasteiger partial charge in [0, 0.05) is 36.0 Å². The van der Waals surface area contributed by atoms with Gasteiger partial charge in [0.2, 0.25) is 5.60 Å². The van der Waals surface area contributed by atoms with Gasteiger partial charge in [-0.2, -0.15) is 0 Å². The average molecular weight is 546 g/mol. The van der Waals surface area contributed by atoms with Gasteiger partial charge in [-0.3, -0.25) is 0 Å². The lowest BCUT2D eigenvalue weighted by atomic mass is 9.49. The van der Waals surface area contributed by atoms with E-state index in [4.69, 9.17) is 9.47 Å². The maximum atomic E-state index is 12.4. The molecule has 40 heavy (non-hydrogen) atoms. The second-order valence-corrected chi connectivity index (χ2v) is 14.6. The Balaban J connectivity index is 1.40. The van der Waals surface area contributed by atoms with Crippen LogP contribution in [0.3, 0.4) is 0 Å². The third-order valence-electron chi connectivity index (χ3n) is 11.5. The molecule has 4 heteroatoms. The number of fused-ring (bicyclic) bond motifs is 4. The number of benzene rings is 1. The summed E-state index contributed by atoms with van der Waals surface area (Å²) < 4.78 is 12.8. The van der Waals surface area contributed by atoms with E-state index in [1.807, 2.05) is 13.0 Å². The van der Waals surface area contributed by atoms with Gasteiger partial charge in [-0.05, 0) is 67.1 Å². The number of hydrogen-bond acceptors (Lipinski definition) is 4. The summed E-state index contributed by atoms with van der Waals surface area (Å²) in [5.41, 5.74) is 3.39. The lowest BCUT2D eigenvalue weighted by molar-refractivity contribution is -0.322. The van der Waals surface area contributed by atoms with Gasteiger partial charge in [0.1, 0.15) is 6.42 Å². The predicted molar refractivity (Wildman–Crippen MR) is 160 cm³/mol. The van der Waals surface area contributed by atoms with E-state index < -0.39 is 17.0 Å². The van der Waals surface area contributed by atoms with E-state index in [0.29, 0.717) is 31.5 Å². The lowest BCUT2D eigenvalue weighted by Crippen LogP contribution is -2.58. The Hall–Kier alpha value is -1.85. The van der Waals surface area contributed by atoms with Crippen LogP contribution in [-0.4, -0.2) is 40.4 Å². The van der Waals surface area contributed by atoms with Crippen LogP contribution in [0, 0.1) is 29.1 Å². The molecule has 6 rings (SSSR count). The summed E-state index contributed by atoms with van der Waals surface area (Å²) in [7, 11) is 0. The maximum Gasteiger partial charge on any atom is 0.209 e. The molecular weight excluding hydrogens is 496 g/mol. The molecule has 1 aliphatic heterocycles. The third kappa shape index (κ3) is 4.45. The van der Waals surface area contributed by atoms with Crippen molar-refractivity contribution in [2.75, 3.05) is 13.2 Å². The first-order valence-corrected chi connectivity index (χ1v) is 15.6. The summed E-state index contributed by atoms with van der Waals surface area (Å²) >= 11 is 0. The zero-order valence-corrected chi connectivity index (χ0v) is 25.0. The fourth-order valence-electron chi connectivity index (χ4n) is 9.20. The Kier molecular flexibility index (Phi) is 6.97. The Labute approximate surface area is 241 Å². The van der Waals surface area contributed by atoms with Gasteiger partial charge >= 0.3 is 0 Å². The average Bonchev–Trinajstić information content (AvgIpc) is 3.21. The lowest BCUT2D eigenvalue weighted by Gasteiger charge is -2.57. The molecule has 6 atom stereocenters. The normalized spacial score (nSPS) is 40.0. The van der Waals surface area contributed by atoms with Crippen LogP contribution in [0.2, 0.25) is 0 Å². The molecule has 1 heterocycles. The van der Waals surface area contributed by atoms with Gasteiger partial charge in [0.15, 0.2) is 5.79 Å². The van der Waals surface area contributed by atoms with E-state index in [-0.39, 0.29) is 16.7 Å². The molecule has 0 radical (unpaired) electrons. The van der Waals surface area contributed by atoms with Crippen molar-refractivity contribution in [3.63, 3.8) is 0 Å². The van der Waals surface area contributed by atoms with Crippen molar-refractivity contribution in [2.24, 2.45) is 22.7 Å². The zero-order valence-electron chi connectivity index (χ0n) is 25.0. The van der Waals surface area contributed by atoms with E-state index in [0.717, 1.165) is 51.4 Å². The fourth-order valence-corrected chi connectivity index (χ4v) is 9.20. The smallest absolute Gasteiger partial charge is 0.209 e. The highest BCUT2D eigenvalue weighted by Crippen LogP contribution is 2.68. The van der Waals surface area contributed by atoms with Crippen LogP contribution in [0.15, 0.2) is 54.1 Å². The molecule has 3 saturated carbocycles. The van der Waals surface area contributed by atoms with Crippen LogP contribution in [-0.2, 0) is 9.47 Å². The van der Waals surface area contributed by atoms with Crippen LogP contribution in [0.5, 0.6) is 0 Å². The Bertz CT molecular complexity index is 1180. The van der Waals surface area contributed by atoms with Crippen LogP contribution in [0.25, 0.3) is 6.08 Å². The van der Waals surface area contributed by atoms with Crippen molar-refractivity contribution in [1.29, 1.82) is 0 Å². The molecule has 0 aromatic heterocycles. The number of ether oxygens (including phenoxy) is 2. The van der Waals surface area contributed by atoms with Crippen molar-refractivity contribution in [1.82, 2.24) is 0 Å². The molecule has 6 unspecified atom stereocenters. The van der Waals surface area contributed by atoms with E-state index >= 15 is 0 Å². The molecule has 4 aliphatic carbocycles. The summed E-state index contributed by atoms with van der Waals surface area (Å²) in [4.78, 5) is 0. The molecule has 1 aromatic rings. The molecule has 2 N–H and O–H groups in total. The quantitative estimate of drug-likeness (QED) is 0.297. The monoisotopic (exact) mass is 545 g/mol. The van der Waals surface area contributed by atoms with Gasteiger partial charge in [-0.1, -0.05) is 68.8 Å². The van der Waals surface area contributed by atoms with Crippen molar-refractivity contribution in [3.8, 4) is 0 Å². The van der Waals surface area contributed by atoms with E-state index in [9.17, 15) is 10.2 Å². The molecule has 4 nitrogen and oxygen atoms in total. The second kappa shape index (κ2) is 9.87. The van der Waals surface area contributed by atoms with Gasteiger partial charge in [-0.25, -0.2) is 0 Å². The van der Waals surface area contributed by atoms with Crippen LogP contribution in [0.4, 0.5) is 0 Å². The van der Waals surface area contributed by atoms with Gasteiger partial charge < -0.3 is 19.7 Å². The van der Waals surface area contributed by atoms with E-state index in [1.165, 1.54) is 22.3 Å². The topological polar surface area (TPSA) is 58.9 Å². The van der Waals surface area contributed by atoms with Crippen LogP contribution >= 0.6 is 0 Å². The minimum absolute atomic E-state index is 0.00574. The molecule has 0 amide bonds. The van der Waals surface area contributed by atoms with Crippen molar-refractivity contribution in [2.45, 2.75) is 108 Å². The summed E-state index contributed by atoms with van der Waals surface area (Å²) in [6.07, 6.45) is 15.7. The fraction of sp³-hybridized carbons (Fsp3) is 0.639. The molecule has 1 saturated heterocycles. The first-order valence-electron chi connectivity index (χ1n) is 15.6. The highest BCUT2D eigenvalue weighted by Gasteiger charge is 2.67. The number of aliphatic hydroxyl groups is 2. The molecule has 216 valence electrons. The van der Waals surface area contributed by atoms with Crippen molar-refractivity contribution >= 4 is 6.08 Å². The summed E-state index contributed by atoms with van der Waals surface area (Å²) in [5.74, 6) is 0.327. The summed E-state index contributed by atoms with van der Waals surface area (Å²) in [6.45, 7) is 13.9. The Morgan fingerprint density at radius 3 is 2.42 bits per heavy atom. The third-order valence-corrected chi connectivity index (χ3v) is 11.5. The summed E-state index contributed by atoms with van der Waals surface area (Å²) in [5, 5.41) is 24.3. The van der Waals surface area contributed by atoms with E-state index in [2.05, 4.69) is 70.2 Å². The number of rotatable bonds is 5. The molecule has 4 fully saturated rings. The Morgan fingerprint density at radius 2 is 1.75 bits per heavy atom. The van der Waals surface area contributed by atoms with Gasteiger partial charge in [0.05, 0.1) is 25.7 Å². The van der Waals surface area contributed by atoms with Gasteiger partial charge in [-0.15, -0.1) is 6.58 Å². The molecule has 5 aliphatic rings. The first-order chi connectivity index (χ1) is 19.0. The highest BCUT2D eigenvalue weighted by atomic mass is 16.7. The standard InChI is InChI=1S/C36H49O4/c1-6-8-9-10-25-11-13-26(14-12-25)28-21-33(5)29(16-19-35(33,38)7-2)27-15-18-34(37)22-36(20-17-30(34)31(27)28)39-23-32(3,4)24-40-36/h6-7,9-14,27-29,37-38H,1,8,15-24H2,2-5H3/q+1/b10-9+. The highest BCUT2D eigenvalue weighted by molar-refractivity contribution is 5.52. The van der Waals surface area contributed by atoms with Crippen molar-refractivity contribution < 1.29 is 19.7 Å². The second-order valence-electron chi connectivity index (χ2n) is 14.6. The van der Waals surface area contributed by atoms with Crippen LogP contribution < -0.4 is 0 Å². The predicted octanol–water partition coefficient (Wildman–Crippen LogP) is 7.53. The van der Waals surface area contributed by atoms with E-state index in [1.54, 1.807) is 0 Å². The maximum absolute atomic E-state index is 12.4. The SMILES string of the molecule is C=CC/C=C/c1ccc(C2CC3(C)C(CCC3(O)[CH+]C)C3CCC4(O)CC5(CCC4=C23)OCC(C)(C)CO5)cc1. The van der Waals surface area contributed by atoms with Gasteiger partial charge in [0.25, 0.3) is 0 Å². The molecule has 1 spiro atoms. The zero-order chi connectivity index (χ0) is 28.4. The summed E-state index contributed by atoms with van der Waals surface area (Å²) in [6, 6.07) is 8.99. The molecule has 0 bridgehead atoms. The Morgan fingerprint density at radius 1 is 1.02 bits per heavy atom. The van der Waals surface area contributed by atoms with Crippen molar-refractivity contribution in [3.05, 3.63) is 71.7 Å². The minimum Gasteiger partial charge on any atom is -0.385 e. The largest absolute Gasteiger partial charge is 0.385 e. The number of hydrogen-bond donors (Lipinski definition) is 2. The molecule has 1 aromatic carbocycles. The number of allylic oxidation sites excluding steroid dienone is 3.